The van der Waals surface area contributed by atoms with Gasteiger partial charge in [0.25, 0.3) is 0 Å². The van der Waals surface area contributed by atoms with Gasteiger partial charge in [0, 0.05) is 30.1 Å². The van der Waals surface area contributed by atoms with Gasteiger partial charge < -0.3 is 24.0 Å². The van der Waals surface area contributed by atoms with Gasteiger partial charge in [0.2, 0.25) is 0 Å². The predicted molar refractivity (Wildman–Crippen MR) is 102 cm³/mol. The van der Waals surface area contributed by atoms with Crippen LogP contribution in [0.4, 0.5) is 6.01 Å². The summed E-state index contributed by atoms with van der Waals surface area (Å²) in [5, 5.41) is 12.0. The number of anilines is 1. The van der Waals surface area contributed by atoms with Gasteiger partial charge in [-0.2, -0.15) is 0 Å². The number of nitrogens with one attached hydrogen (secondary N) is 2. The van der Waals surface area contributed by atoms with Crippen molar-refractivity contribution >= 4 is 22.9 Å². The molecule has 146 valence electrons. The molecule has 4 aromatic rings. The number of imidazole rings is 1. The number of H-pyrrole nitrogens is 1. The van der Waals surface area contributed by atoms with Crippen LogP contribution in [0.3, 0.4) is 0 Å². The molecule has 2 aliphatic rings. The minimum atomic E-state index is -0.461. The molecule has 29 heavy (non-hydrogen) atoms. The molecule has 3 aromatic heterocycles. The first-order valence-corrected chi connectivity index (χ1v) is 9.68. The Balaban J connectivity index is 1.38. The first-order valence-electron chi connectivity index (χ1n) is 9.68. The Morgan fingerprint density at radius 2 is 2.10 bits per heavy atom. The van der Waals surface area contributed by atoms with Crippen LogP contribution < -0.4 is 5.32 Å². The molecule has 0 spiro atoms. The summed E-state index contributed by atoms with van der Waals surface area (Å²) in [4.78, 5) is 22.6. The number of furan rings is 1. The monoisotopic (exact) mass is 390 g/mol. The van der Waals surface area contributed by atoms with Gasteiger partial charge in [-0.1, -0.05) is 23.3 Å². The summed E-state index contributed by atoms with van der Waals surface area (Å²) in [7, 11) is 0. The minimum Gasteiger partial charge on any atom is -0.458 e. The minimum absolute atomic E-state index is 0.0340. The molecule has 6 rings (SSSR count). The zero-order chi connectivity index (χ0) is 19.4. The average Bonchev–Trinajstić information content (AvgIpc) is 3.15. The molecule has 1 aromatic carbocycles. The third kappa shape index (κ3) is 2.77. The van der Waals surface area contributed by atoms with Crippen LogP contribution in [-0.4, -0.2) is 43.6 Å². The Morgan fingerprint density at radius 1 is 1.21 bits per heavy atom. The molecule has 4 heterocycles. The number of para-hydroxylation sites is 1. The molecule has 0 saturated heterocycles. The number of amides is 1. The van der Waals surface area contributed by atoms with Crippen LogP contribution in [0.2, 0.25) is 0 Å². The van der Waals surface area contributed by atoms with E-state index in [1.165, 1.54) is 0 Å². The number of hydrogen-bond donors (Lipinski definition) is 2. The highest BCUT2D eigenvalue weighted by Crippen LogP contribution is 2.37. The van der Waals surface area contributed by atoms with Crippen molar-refractivity contribution in [3.8, 4) is 0 Å². The van der Waals surface area contributed by atoms with Gasteiger partial charge in [-0.05, 0) is 25.0 Å². The van der Waals surface area contributed by atoms with Crippen molar-refractivity contribution in [3.63, 3.8) is 0 Å². The van der Waals surface area contributed by atoms with Gasteiger partial charge in [0.1, 0.15) is 17.4 Å². The fourth-order valence-electron chi connectivity index (χ4n) is 3.81. The lowest BCUT2D eigenvalue weighted by Crippen LogP contribution is -2.40. The van der Waals surface area contributed by atoms with Gasteiger partial charge in [-0.3, -0.25) is 4.79 Å². The van der Waals surface area contributed by atoms with Crippen molar-refractivity contribution < 1.29 is 13.6 Å². The molecule has 0 bridgehead atoms. The number of aromatic nitrogens is 4. The largest absolute Gasteiger partial charge is 0.458 e. The van der Waals surface area contributed by atoms with E-state index >= 15 is 0 Å². The zero-order valence-electron chi connectivity index (χ0n) is 15.5. The van der Waals surface area contributed by atoms with Gasteiger partial charge in [0.15, 0.2) is 0 Å². The van der Waals surface area contributed by atoms with E-state index in [1.807, 2.05) is 30.3 Å². The lowest BCUT2D eigenvalue weighted by atomic mass is 10.00. The van der Waals surface area contributed by atoms with Crippen LogP contribution in [-0.2, 0) is 6.42 Å². The van der Waals surface area contributed by atoms with Crippen LogP contribution in [0.15, 0.2) is 45.5 Å². The molecule has 9 heteroatoms. The van der Waals surface area contributed by atoms with E-state index in [0.29, 0.717) is 24.8 Å². The molecular weight excluding hydrogens is 372 g/mol. The van der Waals surface area contributed by atoms with Crippen LogP contribution in [0.1, 0.15) is 46.7 Å². The number of benzene rings is 1. The van der Waals surface area contributed by atoms with Crippen molar-refractivity contribution in [2.45, 2.75) is 31.3 Å². The number of carbonyl (C=O) groups excluding carboxylic acids is 1. The van der Waals surface area contributed by atoms with Crippen molar-refractivity contribution in [3.05, 3.63) is 59.7 Å². The molecule has 1 aliphatic carbocycles. The first kappa shape index (κ1) is 16.3. The second-order valence-electron chi connectivity index (χ2n) is 7.43. The quantitative estimate of drug-likeness (QED) is 0.551. The highest BCUT2D eigenvalue weighted by atomic mass is 16.4. The molecule has 1 atom stereocenters. The van der Waals surface area contributed by atoms with E-state index < -0.39 is 6.04 Å². The molecule has 1 aliphatic heterocycles. The van der Waals surface area contributed by atoms with Crippen LogP contribution in [0, 0.1) is 0 Å². The van der Waals surface area contributed by atoms with E-state index in [9.17, 15) is 4.79 Å². The van der Waals surface area contributed by atoms with Crippen molar-refractivity contribution in [2.24, 2.45) is 0 Å². The fraction of sp³-hybridized carbons (Fsp3) is 0.300. The van der Waals surface area contributed by atoms with Crippen LogP contribution in [0.25, 0.3) is 11.0 Å². The topological polar surface area (TPSA) is 113 Å². The number of nitrogens with zero attached hydrogens (tertiary/aromatic N) is 4. The Hall–Kier alpha value is -3.62. The number of carbonyl (C=O) groups is 1. The molecule has 0 unspecified atom stereocenters. The van der Waals surface area contributed by atoms with Crippen molar-refractivity contribution in [1.82, 2.24) is 25.1 Å². The van der Waals surface area contributed by atoms with Gasteiger partial charge in [-0.25, -0.2) is 4.98 Å². The normalized spacial score (nSPS) is 18.8. The van der Waals surface area contributed by atoms with E-state index in [0.717, 1.165) is 35.2 Å². The average molecular weight is 390 g/mol. The highest BCUT2D eigenvalue weighted by Gasteiger charge is 2.38. The Morgan fingerprint density at radius 3 is 2.97 bits per heavy atom. The smallest absolute Gasteiger partial charge is 0.316 e. The molecular formula is C20H18N6O3. The summed E-state index contributed by atoms with van der Waals surface area (Å²) >= 11 is 0. The number of hydrogen-bond acceptors (Lipinski definition) is 7. The molecule has 2 N–H and O–H groups in total. The lowest BCUT2D eigenvalue weighted by molar-refractivity contribution is 0.0632. The predicted octanol–water partition coefficient (Wildman–Crippen LogP) is 2.90. The second kappa shape index (κ2) is 6.20. The standard InChI is InChI=1S/C20H18N6O3/c27-19(18-24-25-20(29-18)23-12-5-6-12)26-8-7-13-16(22-10-21-13)17(26)15-9-11-3-1-2-4-14(11)28-15/h1-4,9-10,12,17H,5-8H2,(H,21,22)(H,23,25)/t17-/m1/s1. The maximum Gasteiger partial charge on any atom is 0.316 e. The van der Waals surface area contributed by atoms with Gasteiger partial charge >= 0.3 is 17.8 Å². The molecule has 1 amide bonds. The summed E-state index contributed by atoms with van der Waals surface area (Å²) < 4.78 is 11.7. The third-order valence-electron chi connectivity index (χ3n) is 5.41. The zero-order valence-corrected chi connectivity index (χ0v) is 15.5. The van der Waals surface area contributed by atoms with Crippen molar-refractivity contribution in [1.29, 1.82) is 0 Å². The van der Waals surface area contributed by atoms with Gasteiger partial charge in [0.05, 0.1) is 12.0 Å². The SMILES string of the molecule is O=C(c1nnc(NC2CC2)o1)N1CCc2[nH]cnc2[C@H]1c1cc2ccccc2o1. The van der Waals surface area contributed by atoms with E-state index in [1.54, 1.807) is 11.2 Å². The first-order chi connectivity index (χ1) is 14.3. The van der Waals surface area contributed by atoms with E-state index in [2.05, 4.69) is 25.5 Å². The van der Waals surface area contributed by atoms with Crippen LogP contribution in [0.5, 0.6) is 0 Å². The number of rotatable bonds is 4. The van der Waals surface area contributed by atoms with E-state index in [4.69, 9.17) is 8.83 Å². The number of fused-ring (bicyclic) bond motifs is 2. The highest BCUT2D eigenvalue weighted by molar-refractivity contribution is 5.90. The summed E-state index contributed by atoms with van der Waals surface area (Å²) in [5.74, 6) is 0.289. The summed E-state index contributed by atoms with van der Waals surface area (Å²) in [6.07, 6.45) is 4.47. The molecule has 1 fully saturated rings. The molecule has 9 nitrogen and oxygen atoms in total. The maximum atomic E-state index is 13.3. The van der Waals surface area contributed by atoms with Crippen LogP contribution >= 0.6 is 0 Å². The Kier molecular flexibility index (Phi) is 3.49. The molecule has 0 radical (unpaired) electrons. The van der Waals surface area contributed by atoms with E-state index in [-0.39, 0.29) is 17.8 Å². The summed E-state index contributed by atoms with van der Waals surface area (Å²) in [5.41, 5.74) is 2.55. The summed E-state index contributed by atoms with van der Waals surface area (Å²) in [6.45, 7) is 0.490. The summed E-state index contributed by atoms with van der Waals surface area (Å²) in [6, 6.07) is 9.92. The Labute approximate surface area is 165 Å². The Bertz CT molecular complexity index is 1170. The molecule has 1 saturated carbocycles. The second-order valence-corrected chi connectivity index (χ2v) is 7.43. The number of aromatic amines is 1. The fourth-order valence-corrected chi connectivity index (χ4v) is 3.81. The lowest BCUT2D eigenvalue weighted by Gasteiger charge is -2.32. The van der Waals surface area contributed by atoms with Gasteiger partial charge in [-0.15, -0.1) is 5.10 Å². The third-order valence-corrected chi connectivity index (χ3v) is 5.41. The van der Waals surface area contributed by atoms with Crippen molar-refractivity contribution in [2.75, 3.05) is 11.9 Å². The maximum absolute atomic E-state index is 13.3.